The van der Waals surface area contributed by atoms with E-state index in [-0.39, 0.29) is 6.54 Å². The third-order valence-corrected chi connectivity index (χ3v) is 4.25. The van der Waals surface area contributed by atoms with Gasteiger partial charge in [0, 0.05) is 19.6 Å². The minimum atomic E-state index is -3.42. The minimum Gasteiger partial charge on any atom is -0.392 e. The first-order valence-corrected chi connectivity index (χ1v) is 7.18. The van der Waals surface area contributed by atoms with Crippen molar-refractivity contribution in [1.29, 1.82) is 0 Å². The van der Waals surface area contributed by atoms with Gasteiger partial charge in [-0.3, -0.25) is 0 Å². The fraction of sp³-hybridized carbons (Fsp3) is 1.00. The van der Waals surface area contributed by atoms with Crippen LogP contribution in [0.1, 0.15) is 27.2 Å². The fourth-order valence-electron chi connectivity index (χ4n) is 2.12. The van der Waals surface area contributed by atoms with E-state index in [0.29, 0.717) is 24.9 Å². The van der Waals surface area contributed by atoms with Crippen LogP contribution in [0.25, 0.3) is 0 Å². The molecule has 0 aromatic heterocycles. The van der Waals surface area contributed by atoms with Gasteiger partial charge in [-0.05, 0) is 25.2 Å². The molecule has 0 amide bonds. The second-order valence-corrected chi connectivity index (χ2v) is 6.72. The quantitative estimate of drug-likeness (QED) is 0.748. The van der Waals surface area contributed by atoms with Crippen LogP contribution in [0.15, 0.2) is 0 Å². The Morgan fingerprint density at radius 1 is 1.38 bits per heavy atom. The van der Waals surface area contributed by atoms with E-state index in [1.165, 1.54) is 4.31 Å². The molecule has 6 heteroatoms. The van der Waals surface area contributed by atoms with Gasteiger partial charge in [-0.1, -0.05) is 13.8 Å². The molecule has 1 aliphatic heterocycles. The lowest BCUT2D eigenvalue weighted by atomic mass is 9.94. The molecule has 1 saturated heterocycles. The summed E-state index contributed by atoms with van der Waals surface area (Å²) in [5, 5.41) is 9.07. The van der Waals surface area contributed by atoms with E-state index >= 15 is 0 Å². The Labute approximate surface area is 98.0 Å². The lowest BCUT2D eigenvalue weighted by molar-refractivity contribution is 0.193. The highest BCUT2D eigenvalue weighted by Crippen LogP contribution is 2.22. The minimum absolute atomic E-state index is 0.0710. The first kappa shape index (κ1) is 13.9. The van der Waals surface area contributed by atoms with Crippen LogP contribution in [0.4, 0.5) is 0 Å². The van der Waals surface area contributed by atoms with Crippen molar-refractivity contribution in [1.82, 2.24) is 9.03 Å². The maximum Gasteiger partial charge on any atom is 0.279 e. The van der Waals surface area contributed by atoms with Crippen molar-refractivity contribution in [2.24, 2.45) is 11.8 Å². The summed E-state index contributed by atoms with van der Waals surface area (Å²) in [6.07, 6.45) is 0.414. The van der Waals surface area contributed by atoms with Crippen LogP contribution in [-0.4, -0.2) is 43.6 Å². The number of aliphatic hydroxyl groups is 1. The molecule has 2 N–H and O–H groups in total. The lowest BCUT2D eigenvalue weighted by Gasteiger charge is -2.34. The van der Waals surface area contributed by atoms with Gasteiger partial charge in [-0.25, -0.2) is 0 Å². The summed E-state index contributed by atoms with van der Waals surface area (Å²) in [6.45, 7) is 6.89. The largest absolute Gasteiger partial charge is 0.392 e. The number of nitrogens with one attached hydrogen (secondary N) is 1. The van der Waals surface area contributed by atoms with E-state index in [2.05, 4.69) is 18.6 Å². The molecule has 1 rings (SSSR count). The van der Waals surface area contributed by atoms with Crippen molar-refractivity contribution in [3.63, 3.8) is 0 Å². The van der Waals surface area contributed by atoms with E-state index in [0.717, 1.165) is 6.42 Å². The predicted octanol–water partition coefficient (Wildman–Crippen LogP) is 0.179. The number of hydrogen-bond donors (Lipinski definition) is 2. The average Bonchev–Trinajstić information content (AvgIpc) is 2.13. The van der Waals surface area contributed by atoms with Gasteiger partial charge in [-0.15, -0.1) is 0 Å². The SMILES string of the molecule is CC1CC(C)CN(S(=O)(=O)NC[C@@H](C)O)C1. The van der Waals surface area contributed by atoms with Gasteiger partial charge in [0.25, 0.3) is 10.2 Å². The van der Waals surface area contributed by atoms with Gasteiger partial charge >= 0.3 is 0 Å². The molecular weight excluding hydrogens is 228 g/mol. The monoisotopic (exact) mass is 250 g/mol. The van der Waals surface area contributed by atoms with Crippen molar-refractivity contribution in [2.75, 3.05) is 19.6 Å². The van der Waals surface area contributed by atoms with Crippen LogP contribution in [0.5, 0.6) is 0 Å². The van der Waals surface area contributed by atoms with Crippen molar-refractivity contribution in [3.05, 3.63) is 0 Å². The Bertz CT molecular complexity index is 306. The number of piperidine rings is 1. The Kier molecular flexibility index (Phi) is 4.73. The third-order valence-electron chi connectivity index (χ3n) is 2.74. The van der Waals surface area contributed by atoms with Crippen molar-refractivity contribution in [3.8, 4) is 0 Å². The van der Waals surface area contributed by atoms with Crippen molar-refractivity contribution in [2.45, 2.75) is 33.3 Å². The molecule has 0 saturated carbocycles. The number of hydrogen-bond acceptors (Lipinski definition) is 3. The number of aliphatic hydroxyl groups excluding tert-OH is 1. The molecule has 0 aromatic rings. The highest BCUT2D eigenvalue weighted by atomic mass is 32.2. The Morgan fingerprint density at radius 2 is 1.88 bits per heavy atom. The van der Waals surface area contributed by atoms with Crippen LogP contribution in [0.3, 0.4) is 0 Å². The van der Waals surface area contributed by atoms with Crippen LogP contribution in [0, 0.1) is 11.8 Å². The summed E-state index contributed by atoms with van der Waals surface area (Å²) in [6, 6.07) is 0. The third kappa shape index (κ3) is 4.01. The maximum absolute atomic E-state index is 11.9. The van der Waals surface area contributed by atoms with E-state index in [9.17, 15) is 8.42 Å². The summed E-state index contributed by atoms with van der Waals surface area (Å²) >= 11 is 0. The van der Waals surface area contributed by atoms with Gasteiger partial charge in [0.2, 0.25) is 0 Å². The first-order chi connectivity index (χ1) is 7.31. The molecule has 96 valence electrons. The van der Waals surface area contributed by atoms with Gasteiger partial charge in [0.15, 0.2) is 0 Å². The van der Waals surface area contributed by atoms with E-state index < -0.39 is 16.3 Å². The average molecular weight is 250 g/mol. The Hall–Kier alpha value is -0.170. The number of rotatable bonds is 4. The maximum atomic E-state index is 11.9. The van der Waals surface area contributed by atoms with Crippen molar-refractivity contribution < 1.29 is 13.5 Å². The molecule has 1 fully saturated rings. The molecule has 1 aliphatic rings. The molecule has 0 aliphatic carbocycles. The van der Waals surface area contributed by atoms with Gasteiger partial charge in [0.05, 0.1) is 6.10 Å². The topological polar surface area (TPSA) is 69.6 Å². The van der Waals surface area contributed by atoms with Crippen LogP contribution in [0.2, 0.25) is 0 Å². The molecular formula is C10H22N2O3S. The second-order valence-electron chi connectivity index (χ2n) is 4.97. The van der Waals surface area contributed by atoms with Crippen LogP contribution in [-0.2, 0) is 10.2 Å². The highest BCUT2D eigenvalue weighted by Gasteiger charge is 2.30. The van der Waals surface area contributed by atoms with Crippen LogP contribution >= 0.6 is 0 Å². The molecule has 0 bridgehead atoms. The molecule has 3 atom stereocenters. The summed E-state index contributed by atoms with van der Waals surface area (Å²) in [7, 11) is -3.42. The van der Waals surface area contributed by atoms with Gasteiger partial charge < -0.3 is 5.11 Å². The molecule has 16 heavy (non-hydrogen) atoms. The summed E-state index contributed by atoms with van der Waals surface area (Å²) in [4.78, 5) is 0. The standard InChI is InChI=1S/C10H22N2O3S/c1-8-4-9(2)7-12(6-8)16(14,15)11-5-10(3)13/h8-11,13H,4-7H2,1-3H3/t8?,9?,10-/m1/s1. The van der Waals surface area contributed by atoms with E-state index in [1.54, 1.807) is 6.92 Å². The molecule has 0 aromatic carbocycles. The predicted molar refractivity (Wildman–Crippen MR) is 63.1 cm³/mol. The fourth-order valence-corrected chi connectivity index (χ4v) is 3.66. The molecule has 1 heterocycles. The zero-order valence-electron chi connectivity index (χ0n) is 10.2. The summed E-state index contributed by atoms with van der Waals surface area (Å²) < 4.78 is 27.7. The zero-order chi connectivity index (χ0) is 12.3. The lowest BCUT2D eigenvalue weighted by Crippen LogP contribution is -2.49. The molecule has 0 spiro atoms. The highest BCUT2D eigenvalue weighted by molar-refractivity contribution is 7.87. The van der Waals surface area contributed by atoms with Crippen LogP contribution < -0.4 is 4.72 Å². The van der Waals surface area contributed by atoms with E-state index in [1.807, 2.05) is 0 Å². The smallest absolute Gasteiger partial charge is 0.279 e. The Balaban J connectivity index is 2.60. The summed E-state index contributed by atoms with van der Waals surface area (Å²) in [5.41, 5.74) is 0. The molecule has 5 nitrogen and oxygen atoms in total. The van der Waals surface area contributed by atoms with Crippen molar-refractivity contribution >= 4 is 10.2 Å². The summed E-state index contributed by atoms with van der Waals surface area (Å²) in [5.74, 6) is 0.791. The van der Waals surface area contributed by atoms with E-state index in [4.69, 9.17) is 5.11 Å². The molecule has 0 radical (unpaired) electrons. The Morgan fingerprint density at radius 3 is 2.31 bits per heavy atom. The number of nitrogens with zero attached hydrogens (tertiary/aromatic N) is 1. The van der Waals surface area contributed by atoms with Gasteiger partial charge in [0.1, 0.15) is 0 Å². The second kappa shape index (κ2) is 5.44. The first-order valence-electron chi connectivity index (χ1n) is 5.74. The molecule has 2 unspecified atom stereocenters. The zero-order valence-corrected chi connectivity index (χ0v) is 11.0. The normalized spacial score (nSPS) is 30.2. The van der Waals surface area contributed by atoms with Gasteiger partial charge in [-0.2, -0.15) is 17.4 Å².